The van der Waals surface area contributed by atoms with Crippen LogP contribution in [0.4, 0.5) is 13.2 Å². The first-order chi connectivity index (χ1) is 13.3. The quantitative estimate of drug-likeness (QED) is 0.532. The molecule has 0 saturated heterocycles. The maximum atomic E-state index is 12.9. The number of hydrogen-bond acceptors (Lipinski definition) is 3. The third-order valence-electron chi connectivity index (χ3n) is 4.69. The molecule has 0 amide bonds. The van der Waals surface area contributed by atoms with Crippen molar-refractivity contribution in [2.45, 2.75) is 12.7 Å². The van der Waals surface area contributed by atoms with Crippen molar-refractivity contribution in [3.05, 3.63) is 86.7 Å². The first-order valence-corrected chi connectivity index (χ1v) is 8.42. The Kier molecular flexibility index (Phi) is 4.06. The second-order valence-corrected chi connectivity index (χ2v) is 6.44. The van der Waals surface area contributed by atoms with Crippen molar-refractivity contribution >= 4 is 21.8 Å². The van der Waals surface area contributed by atoms with Crippen LogP contribution >= 0.6 is 0 Å². The lowest BCUT2D eigenvalue weighted by atomic mass is 10.0. The van der Waals surface area contributed by atoms with Gasteiger partial charge in [0.25, 0.3) is 5.56 Å². The molecule has 2 aromatic carbocycles. The highest BCUT2D eigenvalue weighted by Crippen LogP contribution is 2.28. The summed E-state index contributed by atoms with van der Waals surface area (Å²) in [6.07, 6.45) is -4.66. The molecule has 0 bridgehead atoms. The minimum Gasteiger partial charge on any atom is -0.280 e. The molecule has 28 heavy (non-hydrogen) atoms. The first kappa shape index (κ1) is 18.0. The topological polar surface area (TPSA) is 56.9 Å². The van der Waals surface area contributed by atoms with E-state index in [0.29, 0.717) is 0 Å². The zero-order valence-electron chi connectivity index (χ0n) is 14.7. The molecule has 0 N–H and O–H groups in total. The minimum atomic E-state index is -4.66. The molecular weight excluding hydrogens is 371 g/mol. The zero-order valence-corrected chi connectivity index (χ0v) is 14.7. The molecule has 4 rings (SSSR count). The number of hydrogen-bond donors (Lipinski definition) is 0. The van der Waals surface area contributed by atoms with Crippen molar-refractivity contribution in [3.63, 3.8) is 0 Å². The molecule has 142 valence electrons. The van der Waals surface area contributed by atoms with Crippen LogP contribution in [0.2, 0.25) is 0 Å². The number of pyridine rings is 1. The number of alkyl halides is 3. The van der Waals surface area contributed by atoms with Gasteiger partial charge in [-0.1, -0.05) is 42.5 Å². The van der Waals surface area contributed by atoms with E-state index < -0.39 is 23.1 Å². The number of aryl methyl sites for hydroxylation is 1. The van der Waals surface area contributed by atoms with Crippen molar-refractivity contribution in [1.29, 1.82) is 0 Å². The van der Waals surface area contributed by atoms with Crippen LogP contribution in [-0.2, 0) is 19.8 Å². The van der Waals surface area contributed by atoms with Gasteiger partial charge < -0.3 is 0 Å². The Morgan fingerprint density at radius 2 is 1.64 bits per heavy atom. The molecule has 0 atom stereocenters. The molecule has 0 spiro atoms. The maximum Gasteiger partial charge on any atom is 0.433 e. The van der Waals surface area contributed by atoms with Gasteiger partial charge in [-0.05, 0) is 28.5 Å². The summed E-state index contributed by atoms with van der Waals surface area (Å²) < 4.78 is 40.8. The van der Waals surface area contributed by atoms with Crippen LogP contribution in [-0.4, -0.2) is 14.1 Å². The van der Waals surface area contributed by atoms with E-state index in [-0.39, 0.29) is 17.6 Å². The van der Waals surface area contributed by atoms with Crippen LogP contribution in [0.3, 0.4) is 0 Å². The fourth-order valence-corrected chi connectivity index (χ4v) is 3.27. The average molecular weight is 385 g/mol. The summed E-state index contributed by atoms with van der Waals surface area (Å²) in [5.41, 5.74) is -2.08. The molecule has 8 heteroatoms. The molecular formula is C20H14F3N3O2. The van der Waals surface area contributed by atoms with E-state index in [9.17, 15) is 22.8 Å². The predicted molar refractivity (Wildman–Crippen MR) is 99.3 cm³/mol. The fourth-order valence-electron chi connectivity index (χ4n) is 3.27. The molecule has 0 saturated carbocycles. The van der Waals surface area contributed by atoms with E-state index >= 15 is 0 Å². The van der Waals surface area contributed by atoms with Gasteiger partial charge in [0.15, 0.2) is 0 Å². The summed E-state index contributed by atoms with van der Waals surface area (Å²) in [6, 6.07) is 14.9. The molecule has 0 aliphatic carbocycles. The summed E-state index contributed by atoms with van der Waals surface area (Å²) >= 11 is 0. The number of aromatic nitrogens is 3. The first-order valence-electron chi connectivity index (χ1n) is 8.42. The highest BCUT2D eigenvalue weighted by molar-refractivity contribution is 5.85. The lowest BCUT2D eigenvalue weighted by Gasteiger charge is -2.13. The second kappa shape index (κ2) is 6.33. The van der Waals surface area contributed by atoms with Crippen LogP contribution in [0.5, 0.6) is 0 Å². The summed E-state index contributed by atoms with van der Waals surface area (Å²) in [5.74, 6) is 0. The van der Waals surface area contributed by atoms with Crippen LogP contribution in [0.15, 0.2) is 64.2 Å². The monoisotopic (exact) mass is 385 g/mol. The standard InChI is InChI=1S/C20H14F3N3O2/c1-25-17-15(9-10-16(24-17)20(21,22)23)18(27)26(19(25)28)11-13-7-4-6-12-5-2-3-8-14(12)13/h2-10H,11H2,1H3. The summed E-state index contributed by atoms with van der Waals surface area (Å²) in [4.78, 5) is 29.0. The molecule has 2 aromatic heterocycles. The lowest BCUT2D eigenvalue weighted by molar-refractivity contribution is -0.141. The highest BCUT2D eigenvalue weighted by Gasteiger charge is 2.33. The number of nitrogens with zero attached hydrogens (tertiary/aromatic N) is 3. The molecule has 0 unspecified atom stereocenters. The number of fused-ring (bicyclic) bond motifs is 2. The van der Waals surface area contributed by atoms with Gasteiger partial charge in [-0.3, -0.25) is 13.9 Å². The Morgan fingerprint density at radius 3 is 2.39 bits per heavy atom. The third kappa shape index (κ3) is 2.87. The van der Waals surface area contributed by atoms with E-state index in [2.05, 4.69) is 4.98 Å². The van der Waals surface area contributed by atoms with Gasteiger partial charge in [0.1, 0.15) is 11.3 Å². The van der Waals surface area contributed by atoms with Crippen LogP contribution < -0.4 is 11.2 Å². The normalized spacial score (nSPS) is 12.0. The Bertz CT molecular complexity index is 1330. The molecule has 5 nitrogen and oxygen atoms in total. The predicted octanol–water partition coefficient (Wildman–Crippen LogP) is 3.32. The molecule has 0 radical (unpaired) electrons. The molecule has 0 aliphatic rings. The van der Waals surface area contributed by atoms with Gasteiger partial charge in [-0.25, -0.2) is 9.78 Å². The smallest absolute Gasteiger partial charge is 0.280 e. The zero-order chi connectivity index (χ0) is 20.1. The SMILES string of the molecule is Cn1c(=O)n(Cc2cccc3ccccc23)c(=O)c2ccc(C(F)(F)F)nc21. The van der Waals surface area contributed by atoms with E-state index in [1.54, 1.807) is 0 Å². The minimum absolute atomic E-state index is 0.00379. The van der Waals surface area contributed by atoms with Crippen molar-refractivity contribution in [2.75, 3.05) is 0 Å². The van der Waals surface area contributed by atoms with Crippen LogP contribution in [0.1, 0.15) is 11.3 Å². The van der Waals surface area contributed by atoms with Gasteiger partial charge >= 0.3 is 11.9 Å². The lowest BCUT2D eigenvalue weighted by Crippen LogP contribution is -2.39. The van der Waals surface area contributed by atoms with Gasteiger partial charge in [0.05, 0.1) is 11.9 Å². The summed E-state index contributed by atoms with van der Waals surface area (Å²) in [6.45, 7) is 0.00379. The van der Waals surface area contributed by atoms with Crippen molar-refractivity contribution in [1.82, 2.24) is 14.1 Å². The third-order valence-corrected chi connectivity index (χ3v) is 4.69. The number of benzene rings is 2. The molecule has 4 aromatic rings. The van der Waals surface area contributed by atoms with E-state index in [1.807, 2.05) is 42.5 Å². The van der Waals surface area contributed by atoms with Crippen LogP contribution in [0.25, 0.3) is 21.8 Å². The van der Waals surface area contributed by atoms with E-state index in [4.69, 9.17) is 0 Å². The summed E-state index contributed by atoms with van der Waals surface area (Å²) in [7, 11) is 1.30. The van der Waals surface area contributed by atoms with Gasteiger partial charge in [-0.15, -0.1) is 0 Å². The fraction of sp³-hybridized carbons (Fsp3) is 0.150. The summed E-state index contributed by atoms with van der Waals surface area (Å²) in [5, 5.41) is 1.81. The molecule has 0 fully saturated rings. The van der Waals surface area contributed by atoms with Crippen LogP contribution in [0, 0.1) is 0 Å². The van der Waals surface area contributed by atoms with Crippen molar-refractivity contribution in [3.8, 4) is 0 Å². The van der Waals surface area contributed by atoms with E-state index in [0.717, 1.165) is 37.6 Å². The molecule has 2 heterocycles. The maximum absolute atomic E-state index is 12.9. The average Bonchev–Trinajstić information content (AvgIpc) is 2.68. The van der Waals surface area contributed by atoms with Crippen molar-refractivity contribution < 1.29 is 13.2 Å². The Hall–Kier alpha value is -3.42. The van der Waals surface area contributed by atoms with Crippen molar-refractivity contribution in [2.24, 2.45) is 7.05 Å². The number of halogens is 3. The second-order valence-electron chi connectivity index (χ2n) is 6.44. The Labute approximate surface area is 156 Å². The highest BCUT2D eigenvalue weighted by atomic mass is 19.4. The Morgan fingerprint density at radius 1 is 0.929 bits per heavy atom. The number of rotatable bonds is 2. The largest absolute Gasteiger partial charge is 0.433 e. The Balaban J connectivity index is 1.93. The van der Waals surface area contributed by atoms with Gasteiger partial charge in [0.2, 0.25) is 0 Å². The molecule has 0 aliphatic heterocycles. The van der Waals surface area contributed by atoms with Gasteiger partial charge in [0, 0.05) is 7.05 Å². The van der Waals surface area contributed by atoms with Gasteiger partial charge in [-0.2, -0.15) is 13.2 Å². The van der Waals surface area contributed by atoms with E-state index in [1.165, 1.54) is 7.05 Å².